The molecule has 4 rings (SSSR count). The fraction of sp³-hybridized carbons (Fsp3) is 0.167. The van der Waals surface area contributed by atoms with E-state index in [1.165, 1.54) is 6.07 Å². The zero-order valence-electron chi connectivity index (χ0n) is 16.2. The van der Waals surface area contributed by atoms with Crippen LogP contribution in [0.15, 0.2) is 60.7 Å². The molecule has 3 aromatic rings. The van der Waals surface area contributed by atoms with Crippen molar-refractivity contribution < 1.29 is 23.1 Å². The predicted molar refractivity (Wildman–Crippen MR) is 109 cm³/mol. The summed E-state index contributed by atoms with van der Waals surface area (Å²) in [6.07, 6.45) is 0.316. The monoisotopic (exact) mass is 407 g/mol. The van der Waals surface area contributed by atoms with Gasteiger partial charge in [0, 0.05) is 17.5 Å². The molecule has 4 nitrogen and oxygen atoms in total. The number of rotatable bonds is 5. The highest BCUT2D eigenvalue weighted by Gasteiger charge is 2.24. The van der Waals surface area contributed by atoms with E-state index in [1.54, 1.807) is 13.0 Å². The highest BCUT2D eigenvalue weighted by molar-refractivity contribution is 6.00. The van der Waals surface area contributed by atoms with Crippen LogP contribution in [-0.2, 0) is 6.42 Å². The molecular weight excluding hydrogens is 388 g/mol. The lowest BCUT2D eigenvalue weighted by Crippen LogP contribution is -2.34. The summed E-state index contributed by atoms with van der Waals surface area (Å²) in [4.78, 5) is 24.1. The van der Waals surface area contributed by atoms with Gasteiger partial charge in [0.05, 0.1) is 6.54 Å². The molecule has 0 saturated heterocycles. The van der Waals surface area contributed by atoms with E-state index in [0.717, 1.165) is 34.6 Å². The summed E-state index contributed by atoms with van der Waals surface area (Å²) in [6, 6.07) is 16.2. The molecule has 0 saturated carbocycles. The highest BCUT2D eigenvalue weighted by atomic mass is 19.2. The zero-order chi connectivity index (χ0) is 21.3. The standard InChI is InChI=1S/C24H19F2NO3/c1-14(28)19-4-2-3-5-20(19)15-7-9-23-17(10-15)11-18(30-23)13-27-24(29)16-6-8-21(25)22(26)12-16/h2-10,12,18H,11,13H2,1H3,(H,27,29)/t18-/m1/s1. The van der Waals surface area contributed by atoms with Crippen LogP contribution in [0.1, 0.15) is 33.2 Å². The van der Waals surface area contributed by atoms with Crippen LogP contribution in [0.3, 0.4) is 0 Å². The minimum absolute atomic E-state index is 0.000155. The Kier molecular flexibility index (Phi) is 5.31. The fourth-order valence-electron chi connectivity index (χ4n) is 3.59. The Hall–Kier alpha value is -3.54. The summed E-state index contributed by atoms with van der Waals surface area (Å²) >= 11 is 0. The second-order valence-electron chi connectivity index (χ2n) is 7.21. The van der Waals surface area contributed by atoms with Crippen LogP contribution in [0.5, 0.6) is 5.75 Å². The Morgan fingerprint density at radius 3 is 2.60 bits per heavy atom. The first-order valence-electron chi connectivity index (χ1n) is 9.55. The van der Waals surface area contributed by atoms with Gasteiger partial charge in [-0.3, -0.25) is 9.59 Å². The molecule has 1 amide bonds. The molecule has 6 heteroatoms. The lowest BCUT2D eigenvalue weighted by molar-refractivity contribution is 0.0932. The van der Waals surface area contributed by atoms with E-state index in [4.69, 9.17) is 4.74 Å². The minimum Gasteiger partial charge on any atom is -0.488 e. The van der Waals surface area contributed by atoms with Crippen LogP contribution in [0.4, 0.5) is 8.78 Å². The Bertz CT molecular complexity index is 1140. The number of carbonyl (C=O) groups excluding carboxylic acids is 2. The molecule has 0 radical (unpaired) electrons. The van der Waals surface area contributed by atoms with Gasteiger partial charge < -0.3 is 10.1 Å². The quantitative estimate of drug-likeness (QED) is 0.631. The Labute approximate surface area is 172 Å². The SMILES string of the molecule is CC(=O)c1ccccc1-c1ccc2c(c1)C[C@H](CNC(=O)c1ccc(F)c(F)c1)O2. The summed E-state index contributed by atoms with van der Waals surface area (Å²) in [7, 11) is 0. The second-order valence-corrected chi connectivity index (χ2v) is 7.21. The first kappa shape index (κ1) is 19.8. The van der Waals surface area contributed by atoms with Crippen molar-refractivity contribution in [3.8, 4) is 16.9 Å². The number of ketones is 1. The van der Waals surface area contributed by atoms with E-state index in [9.17, 15) is 18.4 Å². The fourth-order valence-corrected chi connectivity index (χ4v) is 3.59. The minimum atomic E-state index is -1.06. The van der Waals surface area contributed by atoms with Crippen molar-refractivity contribution in [2.75, 3.05) is 6.54 Å². The number of Topliss-reactive ketones (excluding diaryl/α,β-unsaturated/α-hetero) is 1. The Morgan fingerprint density at radius 2 is 1.83 bits per heavy atom. The van der Waals surface area contributed by atoms with Crippen LogP contribution >= 0.6 is 0 Å². The molecule has 0 unspecified atom stereocenters. The summed E-state index contributed by atoms with van der Waals surface area (Å²) < 4.78 is 32.2. The topological polar surface area (TPSA) is 55.4 Å². The molecule has 3 aromatic carbocycles. The van der Waals surface area contributed by atoms with Gasteiger partial charge in [-0.2, -0.15) is 0 Å². The molecule has 0 aromatic heterocycles. The van der Waals surface area contributed by atoms with Crippen molar-refractivity contribution in [2.24, 2.45) is 0 Å². The smallest absolute Gasteiger partial charge is 0.251 e. The van der Waals surface area contributed by atoms with Gasteiger partial charge in [-0.25, -0.2) is 8.78 Å². The van der Waals surface area contributed by atoms with Gasteiger partial charge in [-0.05, 0) is 53.9 Å². The van der Waals surface area contributed by atoms with Gasteiger partial charge in [0.25, 0.3) is 5.91 Å². The molecule has 30 heavy (non-hydrogen) atoms. The van der Waals surface area contributed by atoms with E-state index in [1.807, 2.05) is 36.4 Å². The number of fused-ring (bicyclic) bond motifs is 1. The number of benzene rings is 3. The number of amides is 1. The van der Waals surface area contributed by atoms with Gasteiger partial charge in [-0.1, -0.05) is 30.3 Å². The largest absolute Gasteiger partial charge is 0.488 e. The lowest BCUT2D eigenvalue weighted by atomic mass is 9.95. The zero-order valence-corrected chi connectivity index (χ0v) is 16.2. The van der Waals surface area contributed by atoms with Crippen molar-refractivity contribution in [2.45, 2.75) is 19.4 Å². The normalized spacial score (nSPS) is 14.7. The molecule has 1 aliphatic heterocycles. The molecule has 0 fully saturated rings. The highest BCUT2D eigenvalue weighted by Crippen LogP contribution is 2.34. The molecule has 152 valence electrons. The third-order valence-corrected chi connectivity index (χ3v) is 5.09. The van der Waals surface area contributed by atoms with Gasteiger partial charge >= 0.3 is 0 Å². The number of carbonyl (C=O) groups is 2. The van der Waals surface area contributed by atoms with Gasteiger partial charge in [0.1, 0.15) is 11.9 Å². The van der Waals surface area contributed by atoms with Crippen LogP contribution in [0.2, 0.25) is 0 Å². The van der Waals surface area contributed by atoms with Crippen molar-refractivity contribution in [3.05, 3.63) is 89.0 Å². The molecule has 1 N–H and O–H groups in total. The van der Waals surface area contributed by atoms with Crippen molar-refractivity contribution in [1.29, 1.82) is 0 Å². The van der Waals surface area contributed by atoms with Crippen molar-refractivity contribution in [3.63, 3.8) is 0 Å². The first-order valence-corrected chi connectivity index (χ1v) is 9.55. The van der Waals surface area contributed by atoms with Crippen molar-refractivity contribution in [1.82, 2.24) is 5.32 Å². The maximum Gasteiger partial charge on any atom is 0.251 e. The van der Waals surface area contributed by atoms with E-state index < -0.39 is 17.5 Å². The molecule has 1 heterocycles. The van der Waals surface area contributed by atoms with Gasteiger partial charge in [0.15, 0.2) is 17.4 Å². The number of ether oxygens (including phenoxy) is 1. The van der Waals surface area contributed by atoms with Gasteiger partial charge in [0.2, 0.25) is 0 Å². The molecule has 0 spiro atoms. The maximum atomic E-state index is 13.3. The van der Waals surface area contributed by atoms with Crippen LogP contribution in [0.25, 0.3) is 11.1 Å². The second kappa shape index (κ2) is 8.06. The van der Waals surface area contributed by atoms with Gasteiger partial charge in [-0.15, -0.1) is 0 Å². The molecule has 1 atom stereocenters. The Balaban J connectivity index is 1.45. The molecule has 0 aliphatic carbocycles. The van der Waals surface area contributed by atoms with E-state index >= 15 is 0 Å². The molecule has 1 aliphatic rings. The van der Waals surface area contributed by atoms with E-state index in [0.29, 0.717) is 12.0 Å². The third kappa shape index (κ3) is 3.94. The van der Waals surface area contributed by atoms with E-state index in [-0.39, 0.29) is 24.0 Å². The molecule has 0 bridgehead atoms. The van der Waals surface area contributed by atoms with E-state index in [2.05, 4.69) is 5.32 Å². The number of halogens is 2. The summed E-state index contributed by atoms with van der Waals surface area (Å²) in [5, 5.41) is 2.70. The summed E-state index contributed by atoms with van der Waals surface area (Å²) in [5.41, 5.74) is 3.48. The predicted octanol–water partition coefficient (Wildman–Crippen LogP) is 4.57. The lowest BCUT2D eigenvalue weighted by Gasteiger charge is -2.12. The number of hydrogen-bond acceptors (Lipinski definition) is 3. The Morgan fingerprint density at radius 1 is 1.03 bits per heavy atom. The summed E-state index contributed by atoms with van der Waals surface area (Å²) in [5.74, 6) is -1.83. The first-order chi connectivity index (χ1) is 14.4. The maximum absolute atomic E-state index is 13.3. The number of hydrogen-bond donors (Lipinski definition) is 1. The van der Waals surface area contributed by atoms with Crippen molar-refractivity contribution >= 4 is 11.7 Å². The summed E-state index contributed by atoms with van der Waals surface area (Å²) in [6.45, 7) is 1.77. The molecular formula is C24H19F2NO3. The average Bonchev–Trinajstić information content (AvgIpc) is 3.16. The van der Waals surface area contributed by atoms with Crippen LogP contribution in [0, 0.1) is 11.6 Å². The van der Waals surface area contributed by atoms with Crippen LogP contribution in [-0.4, -0.2) is 24.3 Å². The van der Waals surface area contributed by atoms with Crippen LogP contribution < -0.4 is 10.1 Å². The number of nitrogens with one attached hydrogen (secondary N) is 1. The average molecular weight is 407 g/mol. The third-order valence-electron chi connectivity index (χ3n) is 5.09.